The highest BCUT2D eigenvalue weighted by Gasteiger charge is 2.40. The van der Waals surface area contributed by atoms with Gasteiger partial charge in [-0.15, -0.1) is 0 Å². The van der Waals surface area contributed by atoms with Crippen LogP contribution in [0.25, 0.3) is 0 Å². The van der Waals surface area contributed by atoms with Gasteiger partial charge in [-0.1, -0.05) is 0 Å². The second kappa shape index (κ2) is 2.21. The third-order valence-electron chi connectivity index (χ3n) is 2.91. The molecule has 0 amide bonds. The zero-order valence-corrected chi connectivity index (χ0v) is 6.31. The van der Waals surface area contributed by atoms with Crippen molar-refractivity contribution in [2.75, 3.05) is 13.2 Å². The normalized spacial score (nSPS) is 32.1. The Hall–Kier alpha value is -0.0800. The predicted octanol–water partition coefficient (Wildman–Crippen LogP) is 0.904. The summed E-state index contributed by atoms with van der Waals surface area (Å²) in [6.45, 7) is 2.00. The van der Waals surface area contributed by atoms with E-state index in [9.17, 15) is 0 Å². The molecule has 0 aromatic carbocycles. The Kier molecular flexibility index (Phi) is 1.46. The van der Waals surface area contributed by atoms with E-state index < -0.39 is 0 Å². The first-order valence-corrected chi connectivity index (χ1v) is 4.14. The topological polar surface area (TPSA) is 35.2 Å². The van der Waals surface area contributed by atoms with Gasteiger partial charge in [0.15, 0.2) is 0 Å². The van der Waals surface area contributed by atoms with Crippen LogP contribution in [0.5, 0.6) is 0 Å². The van der Waals surface area contributed by atoms with Gasteiger partial charge in [0.05, 0.1) is 13.2 Å². The van der Waals surface area contributed by atoms with Crippen LogP contribution in [0.3, 0.4) is 0 Å². The lowest BCUT2D eigenvalue weighted by Crippen LogP contribution is -2.47. The summed E-state index contributed by atoms with van der Waals surface area (Å²) in [5.74, 6) is 0. The fraction of sp³-hybridized carbons (Fsp3) is 1.00. The van der Waals surface area contributed by atoms with Crippen molar-refractivity contribution in [3.8, 4) is 0 Å². The summed E-state index contributed by atoms with van der Waals surface area (Å²) < 4.78 is 5.21. The molecule has 1 saturated carbocycles. The molecule has 2 N–H and O–H groups in total. The second-order valence-electron chi connectivity index (χ2n) is 3.83. The third kappa shape index (κ3) is 0.956. The number of nitrogens with two attached hydrogens (primary N) is 1. The first-order valence-electron chi connectivity index (χ1n) is 4.14. The highest BCUT2D eigenvalue weighted by Crippen LogP contribution is 2.41. The van der Waals surface area contributed by atoms with Gasteiger partial charge in [-0.2, -0.15) is 0 Å². The average molecular weight is 141 g/mol. The molecule has 0 unspecified atom stereocenters. The van der Waals surface area contributed by atoms with Crippen LogP contribution in [0, 0.1) is 5.41 Å². The van der Waals surface area contributed by atoms with Gasteiger partial charge >= 0.3 is 0 Å². The maximum absolute atomic E-state index is 5.79. The smallest absolute Gasteiger partial charge is 0.0544 e. The fourth-order valence-corrected chi connectivity index (χ4v) is 1.93. The van der Waals surface area contributed by atoms with Crippen LogP contribution in [0.1, 0.15) is 25.7 Å². The molecular formula is C8H15NO. The van der Waals surface area contributed by atoms with Gasteiger partial charge in [0.25, 0.3) is 0 Å². The maximum Gasteiger partial charge on any atom is 0.0544 e. The lowest BCUT2D eigenvalue weighted by atomic mass is 9.71. The number of rotatable bonds is 0. The Labute approximate surface area is 61.7 Å². The van der Waals surface area contributed by atoms with Gasteiger partial charge in [0, 0.05) is 11.5 Å². The van der Waals surface area contributed by atoms with Crippen molar-refractivity contribution < 1.29 is 4.74 Å². The fourth-order valence-electron chi connectivity index (χ4n) is 1.93. The molecule has 0 aromatic rings. The molecule has 10 heavy (non-hydrogen) atoms. The summed E-state index contributed by atoms with van der Waals surface area (Å²) >= 11 is 0. The van der Waals surface area contributed by atoms with Crippen LogP contribution >= 0.6 is 0 Å². The Morgan fingerprint density at radius 1 is 1.20 bits per heavy atom. The minimum atomic E-state index is 0.478. The van der Waals surface area contributed by atoms with Crippen LogP contribution < -0.4 is 5.73 Å². The molecule has 2 nitrogen and oxygen atoms in total. The Bertz CT molecular complexity index is 121. The minimum absolute atomic E-state index is 0.478. The van der Waals surface area contributed by atoms with E-state index in [2.05, 4.69) is 0 Å². The molecule has 0 bridgehead atoms. The number of hydrogen-bond donors (Lipinski definition) is 1. The first-order chi connectivity index (χ1) is 4.81. The van der Waals surface area contributed by atoms with Gasteiger partial charge < -0.3 is 10.5 Å². The Balaban J connectivity index is 1.90. The molecule has 0 radical (unpaired) electrons. The third-order valence-corrected chi connectivity index (χ3v) is 2.91. The molecule has 2 rings (SSSR count). The summed E-state index contributed by atoms with van der Waals surface area (Å²) in [6, 6.07) is 0.478. The molecule has 1 aliphatic heterocycles. The monoisotopic (exact) mass is 141 g/mol. The lowest BCUT2D eigenvalue weighted by Gasteiger charge is -2.45. The van der Waals surface area contributed by atoms with Crippen molar-refractivity contribution in [3.63, 3.8) is 0 Å². The summed E-state index contributed by atoms with van der Waals surface area (Å²) in [5, 5.41) is 0. The number of hydrogen-bond acceptors (Lipinski definition) is 2. The van der Waals surface area contributed by atoms with Crippen molar-refractivity contribution in [2.45, 2.75) is 31.7 Å². The zero-order chi connectivity index (χ0) is 7.03. The number of ether oxygens (including phenoxy) is 1. The van der Waals surface area contributed by atoms with Crippen LogP contribution in [0.15, 0.2) is 0 Å². The predicted molar refractivity (Wildman–Crippen MR) is 39.7 cm³/mol. The second-order valence-corrected chi connectivity index (χ2v) is 3.83. The summed E-state index contributed by atoms with van der Waals surface area (Å²) in [5.41, 5.74) is 6.37. The molecular weight excluding hydrogens is 126 g/mol. The quantitative estimate of drug-likeness (QED) is 0.544. The average Bonchev–Trinajstić information content (AvgIpc) is 1.86. The van der Waals surface area contributed by atoms with Gasteiger partial charge in [-0.3, -0.25) is 0 Å². The molecule has 2 aliphatic rings. The van der Waals surface area contributed by atoms with E-state index >= 15 is 0 Å². The zero-order valence-electron chi connectivity index (χ0n) is 6.31. The van der Waals surface area contributed by atoms with E-state index in [1.165, 1.54) is 25.7 Å². The summed E-state index contributed by atoms with van der Waals surface area (Å²) in [4.78, 5) is 0. The molecule has 1 spiro atoms. The van der Waals surface area contributed by atoms with E-state index in [0.717, 1.165) is 13.2 Å². The molecule has 2 fully saturated rings. The van der Waals surface area contributed by atoms with E-state index in [0.29, 0.717) is 11.5 Å². The van der Waals surface area contributed by atoms with Gasteiger partial charge in [0.1, 0.15) is 0 Å². The molecule has 1 heterocycles. The van der Waals surface area contributed by atoms with Crippen LogP contribution in [-0.2, 0) is 4.74 Å². The van der Waals surface area contributed by atoms with Crippen molar-refractivity contribution in [1.29, 1.82) is 0 Å². The van der Waals surface area contributed by atoms with Gasteiger partial charge in [0.2, 0.25) is 0 Å². The molecule has 1 aliphatic carbocycles. The highest BCUT2D eigenvalue weighted by molar-refractivity contribution is 4.91. The van der Waals surface area contributed by atoms with Gasteiger partial charge in [-0.05, 0) is 25.7 Å². The Morgan fingerprint density at radius 2 is 1.80 bits per heavy atom. The van der Waals surface area contributed by atoms with Crippen LogP contribution in [0.4, 0.5) is 0 Å². The SMILES string of the molecule is NC1CCC2(CC1)COC2. The van der Waals surface area contributed by atoms with E-state index in [1.807, 2.05) is 0 Å². The summed E-state index contributed by atoms with van der Waals surface area (Å²) in [7, 11) is 0. The molecule has 58 valence electrons. The Morgan fingerprint density at radius 3 is 2.20 bits per heavy atom. The highest BCUT2D eigenvalue weighted by atomic mass is 16.5. The largest absolute Gasteiger partial charge is 0.380 e. The van der Waals surface area contributed by atoms with E-state index in [1.54, 1.807) is 0 Å². The maximum atomic E-state index is 5.79. The first kappa shape index (κ1) is 6.62. The van der Waals surface area contributed by atoms with Crippen molar-refractivity contribution in [3.05, 3.63) is 0 Å². The van der Waals surface area contributed by atoms with E-state index in [4.69, 9.17) is 10.5 Å². The molecule has 0 atom stereocenters. The van der Waals surface area contributed by atoms with Crippen molar-refractivity contribution in [2.24, 2.45) is 11.1 Å². The van der Waals surface area contributed by atoms with Gasteiger partial charge in [-0.25, -0.2) is 0 Å². The van der Waals surface area contributed by atoms with Crippen LogP contribution in [0.2, 0.25) is 0 Å². The van der Waals surface area contributed by atoms with Crippen LogP contribution in [-0.4, -0.2) is 19.3 Å². The van der Waals surface area contributed by atoms with Crippen molar-refractivity contribution in [1.82, 2.24) is 0 Å². The molecule has 0 aromatic heterocycles. The summed E-state index contributed by atoms with van der Waals surface area (Å²) in [6.07, 6.45) is 5.02. The lowest BCUT2D eigenvalue weighted by molar-refractivity contribution is -0.132. The minimum Gasteiger partial charge on any atom is -0.380 e. The standard InChI is InChI=1S/C8H15NO/c9-7-1-3-8(4-2-7)5-10-6-8/h7H,1-6,9H2. The molecule has 2 heteroatoms. The van der Waals surface area contributed by atoms with Crippen molar-refractivity contribution >= 4 is 0 Å². The molecule has 1 saturated heterocycles. The van der Waals surface area contributed by atoms with E-state index in [-0.39, 0.29) is 0 Å².